The normalized spacial score (nSPS) is 17.5. The van der Waals surface area contributed by atoms with Crippen molar-refractivity contribution in [3.8, 4) is 0 Å². The Labute approximate surface area is 91.8 Å². The van der Waals surface area contributed by atoms with Gasteiger partial charge >= 0.3 is 0 Å². The summed E-state index contributed by atoms with van der Waals surface area (Å²) in [7, 11) is 3.42. The quantitative estimate of drug-likeness (QED) is 0.579. The Balaban J connectivity index is 2.02. The zero-order valence-electron chi connectivity index (χ0n) is 9.77. The summed E-state index contributed by atoms with van der Waals surface area (Å²) in [6, 6.07) is 0. The highest BCUT2D eigenvalue weighted by atomic mass is 16.5. The van der Waals surface area contributed by atoms with Crippen molar-refractivity contribution in [2.45, 2.75) is 25.7 Å². The van der Waals surface area contributed by atoms with Gasteiger partial charge < -0.3 is 15.4 Å². The topological polar surface area (TPSA) is 50.4 Å². The first-order valence-corrected chi connectivity index (χ1v) is 5.63. The van der Waals surface area contributed by atoms with Gasteiger partial charge in [0, 0.05) is 40.3 Å². The maximum Gasteiger partial charge on any atom is 0.221 e. The number of methoxy groups -OCH3 is 1. The molecular weight excluding hydrogens is 192 g/mol. The van der Waals surface area contributed by atoms with Crippen molar-refractivity contribution in [2.24, 2.45) is 5.41 Å². The second-order valence-corrected chi connectivity index (χ2v) is 4.34. The third-order valence-electron chi connectivity index (χ3n) is 3.10. The number of hydrogen-bond acceptors (Lipinski definition) is 3. The molecule has 0 aromatic carbocycles. The summed E-state index contributed by atoms with van der Waals surface area (Å²) < 4.78 is 5.09. The standard InChI is InChI=1S/C11H22N2O2/c1-12-10(14)3-7-13-9-11(4-5-11)6-8-15-2/h13H,3-9H2,1-2H3,(H,12,14). The summed E-state index contributed by atoms with van der Waals surface area (Å²) in [6.07, 6.45) is 4.29. The van der Waals surface area contributed by atoms with E-state index in [0.29, 0.717) is 11.8 Å². The summed E-state index contributed by atoms with van der Waals surface area (Å²) in [4.78, 5) is 11.0. The second kappa shape index (κ2) is 6.08. The van der Waals surface area contributed by atoms with E-state index in [1.165, 1.54) is 12.8 Å². The smallest absolute Gasteiger partial charge is 0.221 e. The van der Waals surface area contributed by atoms with Gasteiger partial charge in [-0.1, -0.05) is 0 Å². The Kier molecular flexibility index (Phi) is 5.05. The van der Waals surface area contributed by atoms with Gasteiger partial charge in [0.15, 0.2) is 0 Å². The molecule has 0 unspecified atom stereocenters. The maximum atomic E-state index is 11.0. The minimum absolute atomic E-state index is 0.101. The molecule has 1 fully saturated rings. The lowest BCUT2D eigenvalue weighted by atomic mass is 10.0. The van der Waals surface area contributed by atoms with Gasteiger partial charge in [-0.15, -0.1) is 0 Å². The molecule has 0 saturated heterocycles. The van der Waals surface area contributed by atoms with E-state index in [1.807, 2.05) is 0 Å². The SMILES string of the molecule is CNC(=O)CCNCC1(CCOC)CC1. The van der Waals surface area contributed by atoms with E-state index in [9.17, 15) is 4.79 Å². The third kappa shape index (κ3) is 4.62. The third-order valence-corrected chi connectivity index (χ3v) is 3.10. The molecule has 1 aliphatic carbocycles. The predicted molar refractivity (Wildman–Crippen MR) is 59.7 cm³/mol. The molecule has 88 valence electrons. The summed E-state index contributed by atoms with van der Waals surface area (Å²) >= 11 is 0. The summed E-state index contributed by atoms with van der Waals surface area (Å²) in [5.74, 6) is 0.101. The van der Waals surface area contributed by atoms with Crippen molar-refractivity contribution in [1.29, 1.82) is 0 Å². The molecule has 0 spiro atoms. The van der Waals surface area contributed by atoms with E-state index in [0.717, 1.165) is 26.1 Å². The molecule has 1 rings (SSSR count). The molecule has 1 saturated carbocycles. The molecule has 2 N–H and O–H groups in total. The van der Waals surface area contributed by atoms with E-state index >= 15 is 0 Å². The van der Waals surface area contributed by atoms with Crippen molar-refractivity contribution in [2.75, 3.05) is 33.9 Å². The Hall–Kier alpha value is -0.610. The van der Waals surface area contributed by atoms with Gasteiger partial charge in [0.05, 0.1) is 0 Å². The molecule has 0 atom stereocenters. The van der Waals surface area contributed by atoms with Gasteiger partial charge in [-0.05, 0) is 24.7 Å². The van der Waals surface area contributed by atoms with Crippen LogP contribution in [0.15, 0.2) is 0 Å². The second-order valence-electron chi connectivity index (χ2n) is 4.34. The maximum absolute atomic E-state index is 11.0. The number of hydrogen-bond donors (Lipinski definition) is 2. The molecule has 0 aromatic rings. The lowest BCUT2D eigenvalue weighted by Crippen LogP contribution is -2.29. The number of carbonyl (C=O) groups excluding carboxylic acids is 1. The van der Waals surface area contributed by atoms with Crippen LogP contribution >= 0.6 is 0 Å². The summed E-state index contributed by atoms with van der Waals surface area (Å²) in [5, 5.41) is 5.96. The number of nitrogens with one attached hydrogen (secondary N) is 2. The fraction of sp³-hybridized carbons (Fsp3) is 0.909. The average Bonchev–Trinajstić information content (AvgIpc) is 3.02. The largest absolute Gasteiger partial charge is 0.385 e. The van der Waals surface area contributed by atoms with Crippen LogP contribution in [-0.2, 0) is 9.53 Å². The lowest BCUT2D eigenvalue weighted by Gasteiger charge is -2.15. The molecule has 1 aliphatic rings. The van der Waals surface area contributed by atoms with Gasteiger partial charge in [0.1, 0.15) is 0 Å². The van der Waals surface area contributed by atoms with Crippen LogP contribution in [0.2, 0.25) is 0 Å². The van der Waals surface area contributed by atoms with Crippen LogP contribution in [-0.4, -0.2) is 39.8 Å². The van der Waals surface area contributed by atoms with Crippen molar-refractivity contribution in [3.63, 3.8) is 0 Å². The fourth-order valence-electron chi connectivity index (χ4n) is 1.69. The molecule has 4 nitrogen and oxygen atoms in total. The van der Waals surface area contributed by atoms with E-state index in [4.69, 9.17) is 4.74 Å². The molecule has 1 amide bonds. The molecule has 0 radical (unpaired) electrons. The number of amides is 1. The molecule has 4 heteroatoms. The van der Waals surface area contributed by atoms with Gasteiger partial charge in [-0.25, -0.2) is 0 Å². The summed E-state index contributed by atoms with van der Waals surface area (Å²) in [5.41, 5.74) is 0.471. The number of rotatable bonds is 8. The van der Waals surface area contributed by atoms with Crippen molar-refractivity contribution in [1.82, 2.24) is 10.6 Å². The molecule has 0 aliphatic heterocycles. The van der Waals surface area contributed by atoms with Crippen LogP contribution < -0.4 is 10.6 Å². The molecule has 0 heterocycles. The highest BCUT2D eigenvalue weighted by molar-refractivity contribution is 5.75. The van der Waals surface area contributed by atoms with E-state index in [1.54, 1.807) is 14.2 Å². The van der Waals surface area contributed by atoms with E-state index in [-0.39, 0.29) is 5.91 Å². The van der Waals surface area contributed by atoms with Crippen LogP contribution in [0.4, 0.5) is 0 Å². The lowest BCUT2D eigenvalue weighted by molar-refractivity contribution is -0.120. The summed E-state index contributed by atoms with van der Waals surface area (Å²) in [6.45, 7) is 2.64. The van der Waals surface area contributed by atoms with Gasteiger partial charge in [0.2, 0.25) is 5.91 Å². The molecule has 15 heavy (non-hydrogen) atoms. The Morgan fingerprint density at radius 1 is 1.47 bits per heavy atom. The Morgan fingerprint density at radius 2 is 2.20 bits per heavy atom. The van der Waals surface area contributed by atoms with Crippen molar-refractivity contribution in [3.05, 3.63) is 0 Å². The zero-order chi connectivity index (χ0) is 11.1. The van der Waals surface area contributed by atoms with Crippen LogP contribution in [0.3, 0.4) is 0 Å². The Morgan fingerprint density at radius 3 is 2.73 bits per heavy atom. The van der Waals surface area contributed by atoms with Crippen molar-refractivity contribution < 1.29 is 9.53 Å². The molecule has 0 aromatic heterocycles. The Bertz CT molecular complexity index is 203. The zero-order valence-corrected chi connectivity index (χ0v) is 9.77. The first-order valence-electron chi connectivity index (χ1n) is 5.63. The van der Waals surface area contributed by atoms with Gasteiger partial charge in [0.25, 0.3) is 0 Å². The van der Waals surface area contributed by atoms with Gasteiger partial charge in [-0.3, -0.25) is 4.79 Å². The highest BCUT2D eigenvalue weighted by Gasteiger charge is 2.41. The fourth-order valence-corrected chi connectivity index (χ4v) is 1.69. The van der Waals surface area contributed by atoms with Crippen LogP contribution in [0.5, 0.6) is 0 Å². The van der Waals surface area contributed by atoms with E-state index < -0.39 is 0 Å². The number of carbonyl (C=O) groups is 1. The number of ether oxygens (including phenoxy) is 1. The monoisotopic (exact) mass is 214 g/mol. The van der Waals surface area contributed by atoms with Crippen LogP contribution in [0.1, 0.15) is 25.7 Å². The van der Waals surface area contributed by atoms with Crippen molar-refractivity contribution >= 4 is 5.91 Å². The minimum atomic E-state index is 0.101. The van der Waals surface area contributed by atoms with Gasteiger partial charge in [-0.2, -0.15) is 0 Å². The first-order chi connectivity index (χ1) is 7.22. The van der Waals surface area contributed by atoms with Crippen LogP contribution in [0.25, 0.3) is 0 Å². The molecular formula is C11H22N2O2. The van der Waals surface area contributed by atoms with E-state index in [2.05, 4.69) is 10.6 Å². The molecule has 0 bridgehead atoms. The van der Waals surface area contributed by atoms with Crippen LogP contribution in [0, 0.1) is 5.41 Å². The first kappa shape index (κ1) is 12.5. The predicted octanol–water partition coefficient (Wildman–Crippen LogP) is 0.529. The highest BCUT2D eigenvalue weighted by Crippen LogP contribution is 2.48. The minimum Gasteiger partial charge on any atom is -0.385 e. The average molecular weight is 214 g/mol.